The number of imidazole rings is 1. The van der Waals surface area contributed by atoms with Crippen LogP contribution in [0.2, 0.25) is 5.15 Å². The highest BCUT2D eigenvalue weighted by molar-refractivity contribution is 6.30. The van der Waals surface area contributed by atoms with E-state index in [1.165, 1.54) is 7.11 Å². The predicted octanol–water partition coefficient (Wildman–Crippen LogP) is 5.46. The van der Waals surface area contributed by atoms with Gasteiger partial charge in [0.25, 0.3) is 0 Å². The number of aromatic carboxylic acids is 1. The summed E-state index contributed by atoms with van der Waals surface area (Å²) in [5.41, 5.74) is 4.19. The minimum absolute atomic E-state index is 0.199. The van der Waals surface area contributed by atoms with Crippen molar-refractivity contribution in [3.8, 4) is 5.69 Å². The molecular weight excluding hydrogens is 454 g/mol. The highest BCUT2D eigenvalue weighted by atomic mass is 35.5. The number of benzene rings is 2. The first-order valence-electron chi connectivity index (χ1n) is 11.4. The number of hydrogen-bond donors (Lipinski definition) is 2. The van der Waals surface area contributed by atoms with Gasteiger partial charge in [-0.25, -0.2) is 9.78 Å². The Bertz CT molecular complexity index is 1160. The predicted molar refractivity (Wildman–Crippen MR) is 133 cm³/mol. The molecule has 0 fully saturated rings. The third-order valence-electron chi connectivity index (χ3n) is 5.71. The molecule has 0 spiro atoms. The van der Waals surface area contributed by atoms with Crippen LogP contribution in [0.3, 0.4) is 0 Å². The summed E-state index contributed by atoms with van der Waals surface area (Å²) in [6.07, 6.45) is 3.63. The Labute approximate surface area is 204 Å². The number of carboxylic acids is 1. The zero-order valence-corrected chi connectivity index (χ0v) is 20.5. The summed E-state index contributed by atoms with van der Waals surface area (Å²) in [4.78, 5) is 28.0. The minimum atomic E-state index is -0.984. The fraction of sp³-hybridized carbons (Fsp3) is 0.346. The average molecular weight is 484 g/mol. The molecule has 8 heteroatoms. The highest BCUT2D eigenvalue weighted by Crippen LogP contribution is 2.28. The maximum atomic E-state index is 11.8. The van der Waals surface area contributed by atoms with Gasteiger partial charge in [0.1, 0.15) is 5.82 Å². The van der Waals surface area contributed by atoms with Crippen molar-refractivity contribution >= 4 is 29.2 Å². The van der Waals surface area contributed by atoms with Crippen LogP contribution in [0.1, 0.15) is 59.7 Å². The number of para-hydroxylation sites is 1. The Morgan fingerprint density at radius 2 is 1.88 bits per heavy atom. The number of aromatic nitrogens is 2. The van der Waals surface area contributed by atoms with E-state index in [0.717, 1.165) is 47.6 Å². The number of carbonyl (C=O) groups is 2. The second-order valence-corrected chi connectivity index (χ2v) is 8.33. The number of rotatable bonds is 11. The van der Waals surface area contributed by atoms with E-state index in [9.17, 15) is 14.7 Å². The maximum absolute atomic E-state index is 11.8. The molecule has 34 heavy (non-hydrogen) atoms. The van der Waals surface area contributed by atoms with E-state index < -0.39 is 5.97 Å². The molecule has 0 radical (unpaired) electrons. The number of nitrogens with one attached hydrogen (secondary N) is 1. The Morgan fingerprint density at radius 3 is 2.50 bits per heavy atom. The van der Waals surface area contributed by atoms with Gasteiger partial charge >= 0.3 is 11.9 Å². The Balaban J connectivity index is 1.99. The summed E-state index contributed by atoms with van der Waals surface area (Å²) in [6.45, 7) is 4.41. The van der Waals surface area contributed by atoms with Crippen LogP contribution < -0.4 is 5.32 Å². The van der Waals surface area contributed by atoms with E-state index in [-0.39, 0.29) is 18.0 Å². The molecule has 0 saturated carbocycles. The van der Waals surface area contributed by atoms with E-state index in [0.29, 0.717) is 23.8 Å². The molecule has 0 saturated heterocycles. The maximum Gasteiger partial charge on any atom is 0.337 e. The Morgan fingerprint density at radius 1 is 1.15 bits per heavy atom. The Kier molecular flexibility index (Phi) is 8.71. The number of nitrogens with zero attached hydrogens (tertiary/aromatic N) is 2. The fourth-order valence-corrected chi connectivity index (χ4v) is 4.14. The topological polar surface area (TPSA) is 93.5 Å². The standard InChI is InChI=1S/C26H30ClN3O4/c1-4-6-10-22-29-25(27)21(16-28-24-18(5-2)8-7-9-20(24)26(32)33)30(22)19-13-11-17(12-14-19)15-23(31)34-3/h7-9,11-14,28H,4-6,10,15-16H2,1-3H3,(H,32,33). The van der Waals surface area contributed by atoms with Crippen molar-refractivity contribution < 1.29 is 19.4 Å². The third kappa shape index (κ3) is 5.78. The van der Waals surface area contributed by atoms with Crippen LogP contribution >= 0.6 is 11.6 Å². The van der Waals surface area contributed by atoms with Gasteiger partial charge in [-0.1, -0.05) is 56.1 Å². The minimum Gasteiger partial charge on any atom is -0.478 e. The summed E-state index contributed by atoms with van der Waals surface area (Å²) in [5, 5.41) is 13.3. The van der Waals surface area contributed by atoms with Crippen LogP contribution in [0.25, 0.3) is 5.69 Å². The van der Waals surface area contributed by atoms with Crippen LogP contribution in [0.4, 0.5) is 5.69 Å². The monoisotopic (exact) mass is 483 g/mol. The van der Waals surface area contributed by atoms with Gasteiger partial charge in [-0.05, 0) is 42.2 Å². The molecule has 1 heterocycles. The number of halogens is 1. The van der Waals surface area contributed by atoms with E-state index >= 15 is 0 Å². The lowest BCUT2D eigenvalue weighted by Gasteiger charge is -2.17. The molecule has 0 aliphatic carbocycles. The van der Waals surface area contributed by atoms with Crippen molar-refractivity contribution in [2.45, 2.75) is 52.5 Å². The lowest BCUT2D eigenvalue weighted by atomic mass is 10.0. The van der Waals surface area contributed by atoms with Crippen LogP contribution in [0.15, 0.2) is 42.5 Å². The van der Waals surface area contributed by atoms with Crippen LogP contribution in [0.5, 0.6) is 0 Å². The summed E-state index contributed by atoms with van der Waals surface area (Å²) < 4.78 is 6.77. The average Bonchev–Trinajstić information content (AvgIpc) is 3.16. The van der Waals surface area contributed by atoms with E-state index in [4.69, 9.17) is 16.3 Å². The van der Waals surface area contributed by atoms with Gasteiger partial charge in [0.05, 0.1) is 37.0 Å². The number of anilines is 1. The van der Waals surface area contributed by atoms with Crippen molar-refractivity contribution in [3.05, 3.63) is 75.8 Å². The number of ether oxygens (including phenoxy) is 1. The molecule has 0 atom stereocenters. The lowest BCUT2D eigenvalue weighted by Crippen LogP contribution is -2.13. The van der Waals surface area contributed by atoms with Crippen LogP contribution in [0, 0.1) is 0 Å². The van der Waals surface area contributed by atoms with Gasteiger partial charge in [-0.3, -0.25) is 9.36 Å². The first kappa shape index (κ1) is 25.3. The number of methoxy groups -OCH3 is 1. The van der Waals surface area contributed by atoms with Crippen molar-refractivity contribution in [1.29, 1.82) is 0 Å². The first-order valence-corrected chi connectivity index (χ1v) is 11.8. The third-order valence-corrected chi connectivity index (χ3v) is 6.02. The number of aryl methyl sites for hydroxylation is 2. The quantitative estimate of drug-likeness (QED) is 0.352. The molecule has 0 bridgehead atoms. The van der Waals surface area contributed by atoms with E-state index in [1.54, 1.807) is 12.1 Å². The van der Waals surface area contributed by atoms with Gasteiger partial charge in [0.15, 0.2) is 5.15 Å². The van der Waals surface area contributed by atoms with Crippen molar-refractivity contribution in [1.82, 2.24) is 9.55 Å². The summed E-state index contributed by atoms with van der Waals surface area (Å²) in [7, 11) is 1.37. The molecule has 0 aliphatic rings. The second-order valence-electron chi connectivity index (χ2n) is 7.98. The fourth-order valence-electron chi connectivity index (χ4n) is 3.89. The van der Waals surface area contributed by atoms with Crippen LogP contribution in [-0.2, 0) is 35.3 Å². The first-order chi connectivity index (χ1) is 16.4. The van der Waals surface area contributed by atoms with Crippen LogP contribution in [-0.4, -0.2) is 33.7 Å². The van der Waals surface area contributed by atoms with Gasteiger partial charge in [0, 0.05) is 12.1 Å². The molecule has 180 valence electrons. The molecule has 0 aliphatic heterocycles. The van der Waals surface area contributed by atoms with E-state index in [2.05, 4.69) is 17.2 Å². The highest BCUT2D eigenvalue weighted by Gasteiger charge is 2.19. The number of esters is 1. The number of carbonyl (C=O) groups excluding carboxylic acids is 1. The van der Waals surface area contributed by atoms with Gasteiger partial charge in [-0.15, -0.1) is 0 Å². The normalized spacial score (nSPS) is 10.8. The van der Waals surface area contributed by atoms with Gasteiger partial charge in [0.2, 0.25) is 0 Å². The summed E-state index contributed by atoms with van der Waals surface area (Å²) in [6, 6.07) is 12.9. The molecule has 0 amide bonds. The second kappa shape index (κ2) is 11.7. The lowest BCUT2D eigenvalue weighted by molar-refractivity contribution is -0.139. The molecule has 3 aromatic rings. The summed E-state index contributed by atoms with van der Waals surface area (Å²) in [5.74, 6) is -0.440. The van der Waals surface area contributed by atoms with Gasteiger partial charge < -0.3 is 15.2 Å². The van der Waals surface area contributed by atoms with E-state index in [1.807, 2.05) is 41.8 Å². The van der Waals surface area contributed by atoms with Crippen molar-refractivity contribution in [2.75, 3.05) is 12.4 Å². The SMILES string of the molecule is CCCCc1nc(Cl)c(CNc2c(CC)cccc2C(=O)O)n1-c1ccc(CC(=O)OC)cc1. The molecular formula is C26H30ClN3O4. The Hall–Kier alpha value is -3.32. The van der Waals surface area contributed by atoms with Crippen molar-refractivity contribution in [2.24, 2.45) is 0 Å². The zero-order valence-electron chi connectivity index (χ0n) is 19.7. The molecule has 7 nitrogen and oxygen atoms in total. The zero-order chi connectivity index (χ0) is 24.7. The molecule has 2 aromatic carbocycles. The largest absolute Gasteiger partial charge is 0.478 e. The molecule has 2 N–H and O–H groups in total. The number of unbranched alkanes of at least 4 members (excludes halogenated alkanes) is 1. The smallest absolute Gasteiger partial charge is 0.337 e. The molecule has 3 rings (SSSR count). The van der Waals surface area contributed by atoms with Crippen molar-refractivity contribution in [3.63, 3.8) is 0 Å². The molecule has 1 aromatic heterocycles. The number of carboxylic acid groups (broad SMARTS) is 1. The number of hydrogen-bond acceptors (Lipinski definition) is 5. The molecule has 0 unspecified atom stereocenters. The summed E-state index contributed by atoms with van der Waals surface area (Å²) >= 11 is 6.59. The van der Waals surface area contributed by atoms with Gasteiger partial charge in [-0.2, -0.15) is 0 Å².